The van der Waals surface area contributed by atoms with Crippen LogP contribution in [-0.4, -0.2) is 73.6 Å². The van der Waals surface area contributed by atoms with Gasteiger partial charge in [0.1, 0.15) is 36.4 Å². The molecule has 11 nitrogen and oxygen atoms in total. The maximum atomic E-state index is 12.7. The van der Waals surface area contributed by atoms with Crippen LogP contribution in [0.1, 0.15) is 16.2 Å². The summed E-state index contributed by atoms with van der Waals surface area (Å²) in [5, 5.41) is 23.1. The van der Waals surface area contributed by atoms with Gasteiger partial charge in [-0.05, 0) is 0 Å². The second-order valence-electron chi connectivity index (χ2n) is 6.31. The summed E-state index contributed by atoms with van der Waals surface area (Å²) in [6.07, 6.45) is -4.56. The summed E-state index contributed by atoms with van der Waals surface area (Å²) in [4.78, 5) is 25.4. The molecule has 1 fully saturated rings. The number of nitrogens with two attached hydrogens (primary N) is 1. The van der Waals surface area contributed by atoms with Crippen LogP contribution in [0.3, 0.4) is 0 Å². The van der Waals surface area contributed by atoms with Gasteiger partial charge in [0.2, 0.25) is 5.88 Å². The third-order valence-corrected chi connectivity index (χ3v) is 4.17. The number of primary amides is 1. The lowest BCUT2D eigenvalue weighted by atomic mass is 9.98. The van der Waals surface area contributed by atoms with E-state index in [4.69, 9.17) is 15.2 Å². The maximum absolute atomic E-state index is 12.7. The minimum absolute atomic E-state index is 0.0322. The standard InChI is InChI=1S/C16H17F3N6O5/c17-16(18,19)10-2-21-3-11(25-10)24-8-5-29-9(14(27)13(8)26)6-30-12-4-22-7(1-23-12)15(20)28/h1-4,8-9,13-14,26-27H,5-6H2,(H2,20,28)(H,24,25)/t8-,9+,13+,14-/m0/s1. The zero-order valence-electron chi connectivity index (χ0n) is 15.2. The summed E-state index contributed by atoms with van der Waals surface area (Å²) in [6.45, 7) is -0.366. The van der Waals surface area contributed by atoms with Gasteiger partial charge in [0.05, 0.1) is 37.4 Å². The third-order valence-electron chi connectivity index (χ3n) is 4.17. The Morgan fingerprint density at radius 2 is 2.00 bits per heavy atom. The van der Waals surface area contributed by atoms with Crippen LogP contribution in [0.5, 0.6) is 5.88 Å². The van der Waals surface area contributed by atoms with Crippen molar-refractivity contribution in [2.45, 2.75) is 30.5 Å². The molecule has 14 heteroatoms. The van der Waals surface area contributed by atoms with Crippen molar-refractivity contribution in [2.24, 2.45) is 5.73 Å². The van der Waals surface area contributed by atoms with Crippen molar-refractivity contribution in [2.75, 3.05) is 18.5 Å². The van der Waals surface area contributed by atoms with Gasteiger partial charge >= 0.3 is 6.18 Å². The highest BCUT2D eigenvalue weighted by molar-refractivity contribution is 5.90. The number of anilines is 1. The van der Waals surface area contributed by atoms with Crippen LogP contribution in [0.2, 0.25) is 0 Å². The van der Waals surface area contributed by atoms with E-state index in [1.807, 2.05) is 0 Å². The fourth-order valence-electron chi connectivity index (χ4n) is 2.60. The van der Waals surface area contributed by atoms with E-state index in [0.29, 0.717) is 6.20 Å². The molecule has 0 radical (unpaired) electrons. The number of alkyl halides is 3. The molecular formula is C16H17F3N6O5. The van der Waals surface area contributed by atoms with Gasteiger partial charge in [-0.25, -0.2) is 15.0 Å². The van der Waals surface area contributed by atoms with Crippen LogP contribution in [0.25, 0.3) is 0 Å². The Hall–Kier alpha value is -3.10. The van der Waals surface area contributed by atoms with Crippen LogP contribution in [0, 0.1) is 0 Å². The van der Waals surface area contributed by atoms with Crippen molar-refractivity contribution in [3.63, 3.8) is 0 Å². The molecule has 5 N–H and O–H groups in total. The van der Waals surface area contributed by atoms with Gasteiger partial charge in [0.25, 0.3) is 5.91 Å². The summed E-state index contributed by atoms with van der Waals surface area (Å²) >= 11 is 0. The first-order valence-corrected chi connectivity index (χ1v) is 8.53. The lowest BCUT2D eigenvalue weighted by Crippen LogP contribution is -2.57. The molecule has 1 amide bonds. The number of hydrogen-bond donors (Lipinski definition) is 4. The molecule has 3 rings (SSSR count). The summed E-state index contributed by atoms with van der Waals surface area (Å²) < 4.78 is 48.9. The van der Waals surface area contributed by atoms with Crippen LogP contribution in [0.4, 0.5) is 19.0 Å². The summed E-state index contributed by atoms with van der Waals surface area (Å²) in [6, 6.07) is -0.941. The van der Waals surface area contributed by atoms with Gasteiger partial charge in [-0.1, -0.05) is 0 Å². The number of carbonyl (C=O) groups excluding carboxylic acids is 1. The first kappa shape index (κ1) is 21.6. The lowest BCUT2D eigenvalue weighted by Gasteiger charge is -2.37. The largest absolute Gasteiger partial charge is 0.474 e. The highest BCUT2D eigenvalue weighted by atomic mass is 19.4. The Bertz CT molecular complexity index is 884. The Kier molecular flexibility index (Phi) is 6.28. The average molecular weight is 430 g/mol. The third kappa shape index (κ3) is 5.08. The van der Waals surface area contributed by atoms with Gasteiger partial charge < -0.3 is 30.7 Å². The van der Waals surface area contributed by atoms with Gasteiger partial charge in [-0.15, -0.1) is 0 Å². The Balaban J connectivity index is 1.57. The second kappa shape index (κ2) is 8.73. The first-order valence-electron chi connectivity index (χ1n) is 8.53. The van der Waals surface area contributed by atoms with E-state index in [2.05, 4.69) is 25.3 Å². The quantitative estimate of drug-likeness (QED) is 0.463. The molecule has 4 atom stereocenters. The SMILES string of the molecule is NC(=O)c1cnc(OC[C@H]2OC[C@H](Nc3cncc(C(F)(F)F)n3)[C@@H](O)[C@H]2O)cn1. The minimum atomic E-state index is -4.67. The number of rotatable bonds is 6. The van der Waals surface area contributed by atoms with E-state index >= 15 is 0 Å². The van der Waals surface area contributed by atoms with Crippen molar-refractivity contribution >= 4 is 11.7 Å². The highest BCUT2D eigenvalue weighted by Crippen LogP contribution is 2.28. The van der Waals surface area contributed by atoms with Gasteiger partial charge in [0.15, 0.2) is 5.69 Å². The van der Waals surface area contributed by atoms with Gasteiger partial charge in [-0.3, -0.25) is 9.78 Å². The number of nitrogens with zero attached hydrogens (tertiary/aromatic N) is 4. The predicted molar refractivity (Wildman–Crippen MR) is 92.2 cm³/mol. The Morgan fingerprint density at radius 1 is 1.23 bits per heavy atom. The Labute approximate surface area is 167 Å². The molecular weight excluding hydrogens is 413 g/mol. The maximum Gasteiger partial charge on any atom is 0.434 e. The number of aliphatic hydroxyl groups is 2. The van der Waals surface area contributed by atoms with Crippen molar-refractivity contribution in [3.05, 3.63) is 36.2 Å². The molecule has 0 aromatic carbocycles. The summed E-state index contributed by atoms with van der Waals surface area (Å²) in [5.41, 5.74) is 3.80. The first-order chi connectivity index (χ1) is 14.1. The number of amides is 1. The molecule has 162 valence electrons. The van der Waals surface area contributed by atoms with Crippen molar-refractivity contribution in [1.29, 1.82) is 0 Å². The molecule has 1 saturated heterocycles. The molecule has 2 aromatic heterocycles. The average Bonchev–Trinajstić information content (AvgIpc) is 2.71. The Morgan fingerprint density at radius 3 is 2.63 bits per heavy atom. The van der Waals surface area contributed by atoms with E-state index in [9.17, 15) is 28.2 Å². The lowest BCUT2D eigenvalue weighted by molar-refractivity contribution is -0.150. The smallest absolute Gasteiger partial charge is 0.434 e. The monoisotopic (exact) mass is 430 g/mol. The number of nitrogens with one attached hydrogen (secondary N) is 1. The number of hydrogen-bond acceptors (Lipinski definition) is 10. The van der Waals surface area contributed by atoms with Crippen LogP contribution < -0.4 is 15.8 Å². The van der Waals surface area contributed by atoms with Crippen molar-refractivity contribution < 1.29 is 37.7 Å². The van der Waals surface area contributed by atoms with E-state index < -0.39 is 42.1 Å². The molecule has 1 aliphatic rings. The molecule has 0 unspecified atom stereocenters. The van der Waals surface area contributed by atoms with Crippen LogP contribution >= 0.6 is 0 Å². The van der Waals surface area contributed by atoms with Crippen LogP contribution in [0.15, 0.2) is 24.8 Å². The number of aromatic nitrogens is 4. The number of aliphatic hydroxyl groups excluding tert-OH is 2. The van der Waals surface area contributed by atoms with E-state index in [1.165, 1.54) is 0 Å². The topological polar surface area (TPSA) is 166 Å². The van der Waals surface area contributed by atoms with E-state index in [0.717, 1.165) is 18.6 Å². The normalized spacial score (nSPS) is 24.3. The summed E-state index contributed by atoms with van der Waals surface area (Å²) in [7, 11) is 0. The second-order valence-corrected chi connectivity index (χ2v) is 6.31. The molecule has 0 aliphatic carbocycles. The van der Waals surface area contributed by atoms with Crippen molar-refractivity contribution in [1.82, 2.24) is 19.9 Å². The van der Waals surface area contributed by atoms with Gasteiger partial charge in [0, 0.05) is 0 Å². The fraction of sp³-hybridized carbons (Fsp3) is 0.438. The molecule has 0 spiro atoms. The number of halogens is 3. The molecule has 2 aromatic rings. The molecule has 3 heterocycles. The zero-order valence-corrected chi connectivity index (χ0v) is 15.2. The minimum Gasteiger partial charge on any atom is -0.474 e. The molecule has 0 bridgehead atoms. The molecule has 1 aliphatic heterocycles. The fourth-order valence-corrected chi connectivity index (χ4v) is 2.60. The van der Waals surface area contributed by atoms with Gasteiger partial charge in [-0.2, -0.15) is 13.2 Å². The number of carbonyl (C=O) groups is 1. The van der Waals surface area contributed by atoms with E-state index in [1.54, 1.807) is 0 Å². The van der Waals surface area contributed by atoms with E-state index in [-0.39, 0.29) is 30.6 Å². The van der Waals surface area contributed by atoms with Crippen LogP contribution in [-0.2, 0) is 10.9 Å². The predicted octanol–water partition coefficient (Wildman–Crippen LogP) is -0.636. The highest BCUT2D eigenvalue weighted by Gasteiger charge is 2.39. The molecule has 30 heavy (non-hydrogen) atoms. The zero-order chi connectivity index (χ0) is 21.9. The summed E-state index contributed by atoms with van der Waals surface area (Å²) in [5.74, 6) is -0.957. The van der Waals surface area contributed by atoms with Crippen molar-refractivity contribution in [3.8, 4) is 5.88 Å². The number of ether oxygens (including phenoxy) is 2. The molecule has 0 saturated carbocycles.